The molecular weight excluding hydrogens is 174 g/mol. The molecule has 0 bridgehead atoms. The molecule has 0 aliphatic rings. The topological polar surface area (TPSA) is 0 Å². The predicted octanol–water partition coefficient (Wildman–Crippen LogP) is 2.18. The maximum atomic E-state index is 5.71. The molecule has 11 heavy (non-hydrogen) atoms. The fourth-order valence-corrected chi connectivity index (χ4v) is 4.78. The van der Waals surface area contributed by atoms with Crippen LogP contribution in [-0.2, 0) is 0 Å². The van der Waals surface area contributed by atoms with Crippen molar-refractivity contribution in [2.75, 3.05) is 32.7 Å². The molecule has 0 heterocycles. The van der Waals surface area contributed by atoms with E-state index in [0.717, 1.165) is 16.9 Å². The van der Waals surface area contributed by atoms with E-state index in [9.17, 15) is 0 Å². The number of rotatable bonds is 4. The highest BCUT2D eigenvalue weighted by Crippen LogP contribution is 2.08. The van der Waals surface area contributed by atoms with Gasteiger partial charge in [-0.1, -0.05) is 19.6 Å². The molecule has 0 atom stereocenters. The van der Waals surface area contributed by atoms with Gasteiger partial charge in [0.15, 0.2) is 0 Å². The van der Waals surface area contributed by atoms with Crippen LogP contribution in [-0.4, -0.2) is 45.2 Å². The molecule has 1 nitrogen and oxygen atoms in total. The van der Waals surface area contributed by atoms with Crippen molar-refractivity contribution < 1.29 is 4.48 Å². The molecule has 0 radical (unpaired) electrons. The zero-order valence-corrected chi connectivity index (χ0v) is 10.2. The van der Waals surface area contributed by atoms with Crippen molar-refractivity contribution in [3.63, 3.8) is 0 Å². The van der Waals surface area contributed by atoms with Crippen LogP contribution in [0.2, 0.25) is 19.6 Å². The van der Waals surface area contributed by atoms with E-state index in [1.165, 1.54) is 6.17 Å². The van der Waals surface area contributed by atoms with Gasteiger partial charge in [-0.25, -0.2) is 0 Å². The Bertz CT molecular complexity index is 118. The van der Waals surface area contributed by atoms with Gasteiger partial charge in [0, 0.05) is 0 Å². The average molecular weight is 195 g/mol. The number of hydrogen-bond donors (Lipinski definition) is 0. The molecule has 3 heteroatoms. The van der Waals surface area contributed by atoms with Crippen LogP contribution in [0.5, 0.6) is 0 Å². The van der Waals surface area contributed by atoms with Gasteiger partial charge in [0.25, 0.3) is 0 Å². The van der Waals surface area contributed by atoms with Gasteiger partial charge in [-0.3, -0.25) is 0 Å². The molecule has 0 amide bonds. The highest BCUT2D eigenvalue weighted by atomic mass is 35.5. The molecule has 0 rings (SSSR count). The van der Waals surface area contributed by atoms with Gasteiger partial charge in [0.05, 0.1) is 32.7 Å². The monoisotopic (exact) mass is 194 g/mol. The number of alkyl halides is 1. The Morgan fingerprint density at radius 1 is 1.18 bits per heavy atom. The van der Waals surface area contributed by atoms with E-state index in [1.807, 2.05) is 0 Å². The van der Waals surface area contributed by atoms with Crippen LogP contribution in [0.3, 0.4) is 0 Å². The molecule has 0 N–H and O–H groups in total. The predicted molar refractivity (Wildman–Crippen MR) is 55.9 cm³/mol. The molecule has 0 saturated carbocycles. The van der Waals surface area contributed by atoms with E-state index in [4.69, 9.17) is 11.6 Å². The molecule has 0 aromatic rings. The van der Waals surface area contributed by atoms with Crippen LogP contribution in [0.1, 0.15) is 0 Å². The van der Waals surface area contributed by atoms with Crippen molar-refractivity contribution >= 4 is 19.7 Å². The van der Waals surface area contributed by atoms with Gasteiger partial charge < -0.3 is 4.48 Å². The normalized spacial score (nSPS) is 13.6. The van der Waals surface area contributed by atoms with Crippen LogP contribution >= 0.6 is 11.6 Å². The van der Waals surface area contributed by atoms with Crippen molar-refractivity contribution in [3.05, 3.63) is 0 Å². The third-order valence-electron chi connectivity index (χ3n) is 1.59. The van der Waals surface area contributed by atoms with Crippen LogP contribution in [0.25, 0.3) is 0 Å². The third-order valence-corrected chi connectivity index (χ3v) is 3.57. The molecule has 0 fully saturated rings. The van der Waals surface area contributed by atoms with Gasteiger partial charge in [0.1, 0.15) is 8.07 Å². The van der Waals surface area contributed by atoms with Crippen LogP contribution in [0.15, 0.2) is 0 Å². The van der Waals surface area contributed by atoms with Crippen molar-refractivity contribution in [1.29, 1.82) is 0 Å². The number of nitrogens with zero attached hydrogens (tertiary/aromatic N) is 1. The second kappa shape index (κ2) is 3.92. The van der Waals surface area contributed by atoms with E-state index in [0.29, 0.717) is 0 Å². The first-order valence-corrected chi connectivity index (χ1v) is 8.39. The Hall–Kier alpha value is 0.467. The molecule has 0 aromatic heterocycles. The molecule has 0 aromatic carbocycles. The summed E-state index contributed by atoms with van der Waals surface area (Å²) in [5.74, 6) is 0.775. The largest absolute Gasteiger partial charge is 0.331 e. The lowest BCUT2D eigenvalue weighted by Gasteiger charge is -2.34. The molecule has 0 unspecified atom stereocenters. The summed E-state index contributed by atoms with van der Waals surface area (Å²) in [4.78, 5) is 0. The van der Waals surface area contributed by atoms with E-state index in [1.54, 1.807) is 0 Å². The van der Waals surface area contributed by atoms with Crippen LogP contribution < -0.4 is 0 Å². The molecule has 68 valence electrons. The highest BCUT2D eigenvalue weighted by Gasteiger charge is 2.25. The Morgan fingerprint density at radius 3 is 1.91 bits per heavy atom. The molecule has 0 aliphatic carbocycles. The second-order valence-corrected chi connectivity index (χ2v) is 10.9. The minimum Gasteiger partial charge on any atom is -0.331 e. The van der Waals surface area contributed by atoms with Crippen molar-refractivity contribution in [2.24, 2.45) is 0 Å². The summed E-state index contributed by atoms with van der Waals surface area (Å²) in [6.07, 6.45) is 1.32. The summed E-state index contributed by atoms with van der Waals surface area (Å²) in [7, 11) is 3.61. The van der Waals surface area contributed by atoms with Gasteiger partial charge in [-0.2, -0.15) is 0 Å². The summed E-state index contributed by atoms with van der Waals surface area (Å²) in [6.45, 7) is 8.30. The number of hydrogen-bond acceptors (Lipinski definition) is 0. The summed E-state index contributed by atoms with van der Waals surface area (Å²) in [6, 6.07) is 0. The second-order valence-electron chi connectivity index (χ2n) is 5.07. The third kappa shape index (κ3) is 6.85. The SMILES string of the molecule is C[N+](C)(CCCl)C[Si](C)(C)C. The summed E-state index contributed by atoms with van der Waals surface area (Å²) >= 11 is 5.71. The minimum absolute atomic E-state index is 0.775. The Kier molecular flexibility index (Phi) is 4.09. The molecular formula is C8H21ClNSi+. The van der Waals surface area contributed by atoms with Crippen LogP contribution in [0.4, 0.5) is 0 Å². The maximum absolute atomic E-state index is 5.71. The van der Waals surface area contributed by atoms with Crippen LogP contribution in [0, 0.1) is 0 Å². The lowest BCUT2D eigenvalue weighted by molar-refractivity contribution is -0.878. The van der Waals surface area contributed by atoms with Gasteiger partial charge in [-0.05, 0) is 0 Å². The van der Waals surface area contributed by atoms with Gasteiger partial charge in [-0.15, -0.1) is 11.6 Å². The number of quaternary nitrogens is 1. The van der Waals surface area contributed by atoms with E-state index < -0.39 is 8.07 Å². The van der Waals surface area contributed by atoms with E-state index in [-0.39, 0.29) is 0 Å². The molecule has 0 spiro atoms. The summed E-state index contributed by atoms with van der Waals surface area (Å²) < 4.78 is 1.08. The zero-order valence-electron chi connectivity index (χ0n) is 8.45. The Labute approximate surface area is 76.9 Å². The van der Waals surface area contributed by atoms with Gasteiger partial charge in [0.2, 0.25) is 0 Å². The summed E-state index contributed by atoms with van der Waals surface area (Å²) in [5.41, 5.74) is 0. The lowest BCUT2D eigenvalue weighted by Crippen LogP contribution is -2.51. The summed E-state index contributed by atoms with van der Waals surface area (Å²) in [5, 5.41) is 0. The zero-order chi connectivity index (χ0) is 9.12. The van der Waals surface area contributed by atoms with Crippen molar-refractivity contribution in [3.8, 4) is 0 Å². The quantitative estimate of drug-likeness (QED) is 0.366. The number of halogens is 1. The van der Waals surface area contributed by atoms with Crippen molar-refractivity contribution in [2.45, 2.75) is 19.6 Å². The fourth-order valence-electron chi connectivity index (χ4n) is 1.59. The smallest absolute Gasteiger partial charge is 0.110 e. The molecule has 0 saturated heterocycles. The Balaban J connectivity index is 3.91. The van der Waals surface area contributed by atoms with Gasteiger partial charge >= 0.3 is 0 Å². The highest BCUT2D eigenvalue weighted by molar-refractivity contribution is 6.75. The maximum Gasteiger partial charge on any atom is 0.110 e. The van der Waals surface area contributed by atoms with Crippen molar-refractivity contribution in [1.82, 2.24) is 0 Å². The standard InChI is InChI=1S/C8H21ClNSi/c1-10(2,7-6-9)8-11(3,4)5/h6-8H2,1-5H3/q+1. The first kappa shape index (κ1) is 11.5. The first-order chi connectivity index (χ1) is 4.77. The van der Waals surface area contributed by atoms with E-state index in [2.05, 4.69) is 33.7 Å². The first-order valence-electron chi connectivity index (χ1n) is 4.15. The fraction of sp³-hybridized carbons (Fsp3) is 1.00. The average Bonchev–Trinajstić information content (AvgIpc) is 1.55. The lowest BCUT2D eigenvalue weighted by atomic mass is 10.6. The molecule has 0 aliphatic heterocycles. The Morgan fingerprint density at radius 2 is 1.64 bits per heavy atom. The van der Waals surface area contributed by atoms with E-state index >= 15 is 0 Å². The minimum atomic E-state index is -0.916.